The van der Waals surface area contributed by atoms with Crippen LogP contribution in [0, 0.1) is 6.92 Å². The zero-order chi connectivity index (χ0) is 10.1. The molecule has 0 radical (unpaired) electrons. The summed E-state index contributed by atoms with van der Waals surface area (Å²) in [5.41, 5.74) is -3.25. The first-order chi connectivity index (χ1) is 5.94. The van der Waals surface area contributed by atoms with Crippen LogP contribution in [-0.4, -0.2) is 4.89 Å². The van der Waals surface area contributed by atoms with Gasteiger partial charge in [-0.05, 0) is 23.6 Å². The molecule has 1 aromatic rings. The average Bonchev–Trinajstić information content (AvgIpc) is 2.04. The van der Waals surface area contributed by atoms with Gasteiger partial charge in [-0.2, -0.15) is 4.89 Å². The zero-order valence-corrected chi connectivity index (χ0v) is 7.76. The molecule has 0 bridgehead atoms. The van der Waals surface area contributed by atoms with Gasteiger partial charge in [-0.25, -0.2) is 0 Å². The average molecular weight is 205 g/mol. The topological polar surface area (TPSA) is 37.3 Å². The Balaban J connectivity index is 3.08. The molecule has 0 heterocycles. The quantitative estimate of drug-likeness (QED) is 0.753. The molecule has 0 fully saturated rings. The highest BCUT2D eigenvalue weighted by atomic mass is 31.1. The predicted octanol–water partition coefficient (Wildman–Crippen LogP) is 2.78. The van der Waals surface area contributed by atoms with Crippen molar-refractivity contribution in [2.45, 2.75) is 12.6 Å². The largest absolute Gasteiger partial charge is 0.589 e. The van der Waals surface area contributed by atoms with Gasteiger partial charge >= 0.3 is 13.7 Å². The minimum atomic E-state index is -3.65. The molecule has 1 atom stereocenters. The molecular weight excluding hydrogens is 197 g/mol. The highest BCUT2D eigenvalue weighted by molar-refractivity contribution is 7.39. The van der Waals surface area contributed by atoms with E-state index < -0.39 is 19.3 Å². The molecule has 0 spiro atoms. The fourth-order valence-corrected chi connectivity index (χ4v) is 1.23. The summed E-state index contributed by atoms with van der Waals surface area (Å²) in [4.78, 5) is 8.36. The van der Waals surface area contributed by atoms with E-state index in [0.717, 1.165) is 17.7 Å². The van der Waals surface area contributed by atoms with E-state index in [4.69, 9.17) is 4.89 Å². The monoisotopic (exact) mass is 205 g/mol. The van der Waals surface area contributed by atoms with Crippen LogP contribution >= 0.6 is 8.03 Å². The molecular formula is C8H8F2O2P+. The first kappa shape index (κ1) is 10.2. The molecule has 0 amide bonds. The van der Waals surface area contributed by atoms with Crippen LogP contribution in [-0.2, 0) is 10.2 Å². The second kappa shape index (κ2) is 3.48. The summed E-state index contributed by atoms with van der Waals surface area (Å²) in [6.45, 7) is 1.75. The molecule has 0 saturated heterocycles. The molecule has 70 valence electrons. The summed E-state index contributed by atoms with van der Waals surface area (Å²) >= 11 is 0. The molecule has 1 aromatic carbocycles. The van der Waals surface area contributed by atoms with Crippen molar-refractivity contribution in [3.05, 3.63) is 35.4 Å². The van der Waals surface area contributed by atoms with Crippen LogP contribution in [0.25, 0.3) is 0 Å². The number of halogens is 2. The second-order valence-electron chi connectivity index (χ2n) is 2.68. The van der Waals surface area contributed by atoms with Crippen molar-refractivity contribution in [3.63, 3.8) is 0 Å². The van der Waals surface area contributed by atoms with Crippen LogP contribution in [0.2, 0.25) is 0 Å². The van der Waals surface area contributed by atoms with Gasteiger partial charge in [-0.15, -0.1) is 8.78 Å². The van der Waals surface area contributed by atoms with Gasteiger partial charge in [0.25, 0.3) is 0 Å². The SMILES string of the molecule is Cc1ccc(C(F)(F)[P+](=O)O)cc1. The molecule has 5 heteroatoms. The Labute approximate surface area is 75.1 Å². The van der Waals surface area contributed by atoms with Gasteiger partial charge in [0.05, 0.1) is 5.56 Å². The predicted molar refractivity (Wildman–Crippen MR) is 44.9 cm³/mol. The van der Waals surface area contributed by atoms with Gasteiger partial charge < -0.3 is 0 Å². The minimum absolute atomic E-state index is 0.429. The molecule has 0 aliphatic heterocycles. The van der Waals surface area contributed by atoms with Crippen molar-refractivity contribution < 1.29 is 18.2 Å². The highest BCUT2D eigenvalue weighted by Crippen LogP contribution is 2.47. The minimum Gasteiger partial charge on any atom is -0.156 e. The van der Waals surface area contributed by atoms with E-state index in [2.05, 4.69) is 0 Å². The Hall–Kier alpha value is -0.860. The van der Waals surface area contributed by atoms with E-state index in [1.165, 1.54) is 12.1 Å². The summed E-state index contributed by atoms with van der Waals surface area (Å²) in [6.07, 6.45) is 0. The van der Waals surface area contributed by atoms with E-state index in [0.29, 0.717) is 0 Å². The fourth-order valence-electron chi connectivity index (χ4n) is 0.865. The van der Waals surface area contributed by atoms with Crippen molar-refractivity contribution in [1.82, 2.24) is 0 Å². The first-order valence-electron chi connectivity index (χ1n) is 3.56. The summed E-state index contributed by atoms with van der Waals surface area (Å²) in [6, 6.07) is 5.25. The summed E-state index contributed by atoms with van der Waals surface area (Å²) < 4.78 is 36.1. The fraction of sp³-hybridized carbons (Fsp3) is 0.250. The van der Waals surface area contributed by atoms with Gasteiger partial charge in [-0.3, -0.25) is 0 Å². The van der Waals surface area contributed by atoms with E-state index in [-0.39, 0.29) is 0 Å². The van der Waals surface area contributed by atoms with Gasteiger partial charge in [-0.1, -0.05) is 17.7 Å². The van der Waals surface area contributed by atoms with Crippen LogP contribution < -0.4 is 0 Å². The molecule has 0 aliphatic carbocycles. The van der Waals surface area contributed by atoms with Gasteiger partial charge in [0.15, 0.2) is 0 Å². The van der Waals surface area contributed by atoms with E-state index in [1.54, 1.807) is 6.92 Å². The van der Waals surface area contributed by atoms with Crippen molar-refractivity contribution in [3.8, 4) is 0 Å². The van der Waals surface area contributed by atoms with Crippen LogP contribution in [0.15, 0.2) is 24.3 Å². The summed E-state index contributed by atoms with van der Waals surface area (Å²) in [5.74, 6) is 0. The maximum Gasteiger partial charge on any atom is 0.589 e. The van der Waals surface area contributed by atoms with Crippen LogP contribution in [0.5, 0.6) is 0 Å². The molecule has 0 saturated carbocycles. The number of alkyl halides is 2. The number of hydrogen-bond donors (Lipinski definition) is 1. The molecule has 1 N–H and O–H groups in total. The first-order valence-corrected chi connectivity index (χ1v) is 4.77. The lowest BCUT2D eigenvalue weighted by Gasteiger charge is -2.02. The number of hydrogen-bond acceptors (Lipinski definition) is 1. The van der Waals surface area contributed by atoms with E-state index in [9.17, 15) is 13.3 Å². The Kier molecular flexibility index (Phi) is 2.74. The van der Waals surface area contributed by atoms with Gasteiger partial charge in [0.1, 0.15) is 0 Å². The Morgan fingerprint density at radius 1 is 1.31 bits per heavy atom. The highest BCUT2D eigenvalue weighted by Gasteiger charge is 2.53. The molecule has 0 aromatic heterocycles. The third kappa shape index (κ3) is 2.08. The summed E-state index contributed by atoms with van der Waals surface area (Å²) in [7, 11) is -3.51. The van der Waals surface area contributed by atoms with Crippen LogP contribution in [0.1, 0.15) is 11.1 Å². The number of benzene rings is 1. The normalized spacial score (nSPS) is 12.8. The van der Waals surface area contributed by atoms with Crippen molar-refractivity contribution in [1.29, 1.82) is 0 Å². The Bertz CT molecular complexity index is 321. The molecule has 0 aliphatic rings. The standard InChI is InChI=1S/C8H7F2O2P/c1-6-2-4-7(5-3-6)8(9,10)13(11)12/h2-5H,1H3/p+1. The van der Waals surface area contributed by atoms with Crippen LogP contribution in [0.3, 0.4) is 0 Å². The molecule has 2 nitrogen and oxygen atoms in total. The lowest BCUT2D eigenvalue weighted by atomic mass is 10.2. The van der Waals surface area contributed by atoms with Gasteiger partial charge in [0.2, 0.25) is 0 Å². The third-order valence-electron chi connectivity index (χ3n) is 1.64. The Morgan fingerprint density at radius 3 is 2.15 bits per heavy atom. The zero-order valence-electron chi connectivity index (χ0n) is 6.87. The summed E-state index contributed by atoms with van der Waals surface area (Å²) in [5, 5.41) is 0. The molecule has 13 heavy (non-hydrogen) atoms. The van der Waals surface area contributed by atoms with Crippen molar-refractivity contribution >= 4 is 8.03 Å². The molecule has 1 unspecified atom stereocenters. The maximum absolute atomic E-state index is 12.9. The number of rotatable bonds is 2. The lowest BCUT2D eigenvalue weighted by Crippen LogP contribution is -2.06. The van der Waals surface area contributed by atoms with Gasteiger partial charge in [0, 0.05) is 0 Å². The maximum atomic E-state index is 12.9. The molecule has 1 rings (SSSR count). The van der Waals surface area contributed by atoms with Crippen LogP contribution in [0.4, 0.5) is 8.78 Å². The van der Waals surface area contributed by atoms with E-state index >= 15 is 0 Å². The second-order valence-corrected chi connectivity index (χ2v) is 3.79. The lowest BCUT2D eigenvalue weighted by molar-refractivity contribution is 0.0815. The smallest absolute Gasteiger partial charge is 0.156 e. The number of aryl methyl sites for hydroxylation is 1. The van der Waals surface area contributed by atoms with Crippen molar-refractivity contribution in [2.24, 2.45) is 0 Å². The third-order valence-corrected chi connectivity index (χ3v) is 2.38. The van der Waals surface area contributed by atoms with Crippen molar-refractivity contribution in [2.75, 3.05) is 0 Å². The van der Waals surface area contributed by atoms with E-state index in [1.807, 2.05) is 0 Å². The Morgan fingerprint density at radius 2 is 1.77 bits per heavy atom.